The zero-order chi connectivity index (χ0) is 11.3. The molecule has 2 N–H and O–H groups in total. The van der Waals surface area contributed by atoms with Crippen LogP contribution < -0.4 is 10.5 Å². The van der Waals surface area contributed by atoms with Gasteiger partial charge in [0.25, 0.3) is 5.69 Å². The summed E-state index contributed by atoms with van der Waals surface area (Å²) in [7, 11) is 0. The molecule has 0 saturated carbocycles. The Labute approximate surface area is 108 Å². The summed E-state index contributed by atoms with van der Waals surface area (Å²) < 4.78 is 6.04. The largest absolute Gasteiger partial charge is 0.492 e. The summed E-state index contributed by atoms with van der Waals surface area (Å²) in [6, 6.07) is 4.40. The third-order valence-electron chi connectivity index (χ3n) is 1.73. The quantitative estimate of drug-likeness (QED) is 0.515. The summed E-state index contributed by atoms with van der Waals surface area (Å²) in [5, 5.41) is 10.5. The molecule has 1 aromatic rings. The number of nitrogens with zero attached hydrogens (tertiary/aromatic N) is 1. The summed E-state index contributed by atoms with van der Waals surface area (Å²) in [6.07, 6.45) is 0.717. The van der Waals surface area contributed by atoms with E-state index in [1.54, 1.807) is 6.07 Å². The summed E-state index contributed by atoms with van der Waals surface area (Å²) in [4.78, 5) is 10.1. The molecule has 0 amide bonds. The van der Waals surface area contributed by atoms with Crippen LogP contribution in [0.1, 0.15) is 6.42 Å². The van der Waals surface area contributed by atoms with Gasteiger partial charge in [-0.3, -0.25) is 10.1 Å². The van der Waals surface area contributed by atoms with Crippen LogP contribution >= 0.6 is 28.3 Å². The molecule has 7 heteroatoms. The molecule has 0 radical (unpaired) electrons. The maximum atomic E-state index is 10.5. The lowest BCUT2D eigenvalue weighted by Gasteiger charge is -2.06. The predicted molar refractivity (Wildman–Crippen MR) is 67.2 cm³/mol. The highest BCUT2D eigenvalue weighted by atomic mass is 79.9. The van der Waals surface area contributed by atoms with Gasteiger partial charge in [0.15, 0.2) is 0 Å². The first kappa shape index (κ1) is 15.2. The van der Waals surface area contributed by atoms with Crippen LogP contribution in [-0.4, -0.2) is 18.1 Å². The topological polar surface area (TPSA) is 78.4 Å². The van der Waals surface area contributed by atoms with E-state index in [0.717, 1.165) is 6.42 Å². The molecule has 0 bridgehead atoms. The molecule has 0 fully saturated rings. The van der Waals surface area contributed by atoms with Crippen LogP contribution in [0.5, 0.6) is 5.75 Å². The van der Waals surface area contributed by atoms with Crippen molar-refractivity contribution in [2.75, 3.05) is 13.2 Å². The van der Waals surface area contributed by atoms with Crippen molar-refractivity contribution in [3.8, 4) is 5.75 Å². The molecule has 0 atom stereocenters. The molecular weight excluding hydrogens is 299 g/mol. The summed E-state index contributed by atoms with van der Waals surface area (Å²) in [5.41, 5.74) is 5.32. The molecule has 0 aliphatic carbocycles. The summed E-state index contributed by atoms with van der Waals surface area (Å²) >= 11 is 3.25. The van der Waals surface area contributed by atoms with Crippen LogP contribution in [0.3, 0.4) is 0 Å². The van der Waals surface area contributed by atoms with Crippen molar-refractivity contribution in [1.82, 2.24) is 0 Å². The van der Waals surface area contributed by atoms with Gasteiger partial charge in [-0.1, -0.05) is 0 Å². The number of hydrogen-bond acceptors (Lipinski definition) is 4. The molecule has 0 heterocycles. The Balaban J connectivity index is 0.00000225. The minimum atomic E-state index is -0.456. The molecule has 16 heavy (non-hydrogen) atoms. The van der Waals surface area contributed by atoms with Crippen LogP contribution in [0.4, 0.5) is 5.69 Å². The van der Waals surface area contributed by atoms with Crippen LogP contribution in [0, 0.1) is 10.1 Å². The predicted octanol–water partition coefficient (Wildman–Crippen LogP) is 2.51. The Morgan fingerprint density at radius 3 is 2.75 bits per heavy atom. The smallest absolute Gasteiger partial charge is 0.273 e. The molecular formula is C9H12BrClN2O3. The van der Waals surface area contributed by atoms with E-state index in [-0.39, 0.29) is 18.1 Å². The highest BCUT2D eigenvalue weighted by molar-refractivity contribution is 9.10. The van der Waals surface area contributed by atoms with Crippen LogP contribution in [0.2, 0.25) is 0 Å². The first-order chi connectivity index (χ1) is 7.15. The van der Waals surface area contributed by atoms with Crippen molar-refractivity contribution >= 4 is 34.0 Å². The van der Waals surface area contributed by atoms with Crippen molar-refractivity contribution in [1.29, 1.82) is 0 Å². The van der Waals surface area contributed by atoms with Gasteiger partial charge < -0.3 is 10.5 Å². The van der Waals surface area contributed by atoms with Crippen molar-refractivity contribution in [2.24, 2.45) is 5.73 Å². The number of nitrogens with two attached hydrogens (primary N) is 1. The summed E-state index contributed by atoms with van der Waals surface area (Å²) in [6.45, 7) is 0.989. The average molecular weight is 312 g/mol. The SMILES string of the molecule is Cl.NCCCOc1cc([N+](=O)[O-])ccc1Br. The Hall–Kier alpha value is -0.850. The van der Waals surface area contributed by atoms with E-state index in [4.69, 9.17) is 10.5 Å². The Kier molecular flexibility index (Phi) is 7.03. The number of non-ortho nitro benzene ring substituents is 1. The van der Waals surface area contributed by atoms with Crippen molar-refractivity contribution in [3.63, 3.8) is 0 Å². The molecule has 0 aliphatic rings. The zero-order valence-electron chi connectivity index (χ0n) is 8.39. The average Bonchev–Trinajstić information content (AvgIpc) is 2.20. The van der Waals surface area contributed by atoms with Crippen LogP contribution in [0.15, 0.2) is 22.7 Å². The van der Waals surface area contributed by atoms with Gasteiger partial charge in [0, 0.05) is 6.07 Å². The molecule has 1 rings (SSSR count). The van der Waals surface area contributed by atoms with E-state index in [2.05, 4.69) is 15.9 Å². The van der Waals surface area contributed by atoms with Gasteiger partial charge in [-0.25, -0.2) is 0 Å². The second-order valence-corrected chi connectivity index (χ2v) is 3.72. The lowest BCUT2D eigenvalue weighted by atomic mass is 10.3. The van der Waals surface area contributed by atoms with Crippen molar-refractivity contribution < 1.29 is 9.66 Å². The molecule has 0 saturated heterocycles. The molecule has 90 valence electrons. The fourth-order valence-corrected chi connectivity index (χ4v) is 1.34. The molecule has 0 spiro atoms. The molecule has 1 aromatic carbocycles. The summed E-state index contributed by atoms with van der Waals surface area (Å²) in [5.74, 6) is 0.470. The third-order valence-corrected chi connectivity index (χ3v) is 2.39. The highest BCUT2D eigenvalue weighted by Crippen LogP contribution is 2.29. The Bertz CT molecular complexity index is 363. The van der Waals surface area contributed by atoms with E-state index in [9.17, 15) is 10.1 Å². The van der Waals surface area contributed by atoms with Crippen molar-refractivity contribution in [2.45, 2.75) is 6.42 Å². The lowest BCUT2D eigenvalue weighted by molar-refractivity contribution is -0.385. The van der Waals surface area contributed by atoms with E-state index < -0.39 is 4.92 Å². The van der Waals surface area contributed by atoms with Gasteiger partial charge in [-0.05, 0) is 35.0 Å². The number of nitro benzene ring substituents is 1. The van der Waals surface area contributed by atoms with E-state index in [1.807, 2.05) is 0 Å². The lowest BCUT2D eigenvalue weighted by Crippen LogP contribution is -2.06. The standard InChI is InChI=1S/C9H11BrN2O3.ClH/c10-8-3-2-7(12(13)14)6-9(8)15-5-1-4-11;/h2-3,6H,1,4-5,11H2;1H. The fraction of sp³-hybridized carbons (Fsp3) is 0.333. The molecule has 0 aromatic heterocycles. The van der Waals surface area contributed by atoms with Crippen LogP contribution in [-0.2, 0) is 0 Å². The van der Waals surface area contributed by atoms with E-state index in [0.29, 0.717) is 23.4 Å². The minimum Gasteiger partial charge on any atom is -0.492 e. The van der Waals surface area contributed by atoms with Gasteiger partial charge in [0.1, 0.15) is 5.75 Å². The number of ether oxygens (including phenoxy) is 1. The first-order valence-corrected chi connectivity index (χ1v) is 5.21. The number of nitro groups is 1. The number of hydrogen-bond donors (Lipinski definition) is 1. The van der Waals surface area contributed by atoms with E-state index >= 15 is 0 Å². The normalized spacial score (nSPS) is 9.38. The maximum absolute atomic E-state index is 10.5. The monoisotopic (exact) mass is 310 g/mol. The number of benzene rings is 1. The molecule has 0 unspecified atom stereocenters. The Morgan fingerprint density at radius 2 is 2.19 bits per heavy atom. The van der Waals surface area contributed by atoms with E-state index in [1.165, 1.54) is 12.1 Å². The fourth-order valence-electron chi connectivity index (χ4n) is 0.982. The van der Waals surface area contributed by atoms with Gasteiger partial charge in [0.05, 0.1) is 22.1 Å². The molecule has 0 aliphatic heterocycles. The number of halogens is 2. The Morgan fingerprint density at radius 1 is 1.50 bits per heavy atom. The van der Waals surface area contributed by atoms with Gasteiger partial charge in [-0.2, -0.15) is 0 Å². The van der Waals surface area contributed by atoms with Gasteiger partial charge in [-0.15, -0.1) is 12.4 Å². The first-order valence-electron chi connectivity index (χ1n) is 4.42. The minimum absolute atomic E-state index is 0. The highest BCUT2D eigenvalue weighted by Gasteiger charge is 2.09. The van der Waals surface area contributed by atoms with Crippen LogP contribution in [0.25, 0.3) is 0 Å². The third kappa shape index (κ3) is 4.34. The second kappa shape index (κ2) is 7.43. The van der Waals surface area contributed by atoms with Crippen molar-refractivity contribution in [3.05, 3.63) is 32.8 Å². The maximum Gasteiger partial charge on any atom is 0.273 e. The zero-order valence-corrected chi connectivity index (χ0v) is 10.8. The van der Waals surface area contributed by atoms with Gasteiger partial charge >= 0.3 is 0 Å². The van der Waals surface area contributed by atoms with Gasteiger partial charge in [0.2, 0.25) is 0 Å². The molecule has 5 nitrogen and oxygen atoms in total. The second-order valence-electron chi connectivity index (χ2n) is 2.86. The number of rotatable bonds is 5.